The van der Waals surface area contributed by atoms with Crippen LogP contribution in [-0.2, 0) is 0 Å². The third-order valence-corrected chi connectivity index (χ3v) is 2.89. The monoisotopic (exact) mass is 260 g/mol. The number of hydrogen-bond donors (Lipinski definition) is 1. The maximum absolute atomic E-state index is 12.5. The largest absolute Gasteiger partial charge is 0.387 e. The highest BCUT2D eigenvalue weighted by molar-refractivity contribution is 5.99. The first-order valence-corrected chi connectivity index (χ1v) is 6.33. The minimum absolute atomic E-state index is 0.0480. The number of aryl methyl sites for hydroxylation is 1. The second-order valence-electron chi connectivity index (χ2n) is 4.62. The van der Waals surface area contributed by atoms with Gasteiger partial charge in [0.2, 0.25) is 0 Å². The molecule has 1 amide bonds. The summed E-state index contributed by atoms with van der Waals surface area (Å²) in [6, 6.07) is 3.96. The van der Waals surface area contributed by atoms with Gasteiger partial charge in [0, 0.05) is 31.5 Å². The highest BCUT2D eigenvalue weighted by atomic mass is 16.2. The van der Waals surface area contributed by atoms with Crippen LogP contribution in [0.3, 0.4) is 0 Å². The van der Waals surface area contributed by atoms with Crippen LogP contribution in [0.1, 0.15) is 36.3 Å². The summed E-state index contributed by atoms with van der Waals surface area (Å²) >= 11 is 0. The second-order valence-corrected chi connectivity index (χ2v) is 4.62. The van der Waals surface area contributed by atoms with Crippen molar-refractivity contribution in [2.24, 2.45) is 0 Å². The van der Waals surface area contributed by atoms with Gasteiger partial charge >= 0.3 is 0 Å². The smallest absolute Gasteiger partial charge is 0.257 e. The Balaban J connectivity index is 3.06. The zero-order valence-corrected chi connectivity index (χ0v) is 11.9. The van der Waals surface area contributed by atoms with E-state index in [2.05, 4.69) is 16.4 Å². The predicted octanol–water partition coefficient (Wildman–Crippen LogP) is 2.20. The number of rotatable bonds is 5. The van der Waals surface area contributed by atoms with E-state index >= 15 is 0 Å². The molecule has 5 heteroatoms. The molecule has 102 valence electrons. The molecular weight excluding hydrogens is 240 g/mol. The van der Waals surface area contributed by atoms with E-state index in [1.165, 1.54) is 0 Å². The van der Waals surface area contributed by atoms with Crippen molar-refractivity contribution in [3.63, 3.8) is 0 Å². The van der Waals surface area contributed by atoms with Crippen molar-refractivity contribution in [3.05, 3.63) is 23.5 Å². The van der Waals surface area contributed by atoms with E-state index in [1.807, 2.05) is 26.8 Å². The number of hydrogen-bond acceptors (Lipinski definition) is 4. The predicted molar refractivity (Wildman–Crippen MR) is 74.9 cm³/mol. The third-order valence-electron chi connectivity index (χ3n) is 2.89. The van der Waals surface area contributed by atoms with Crippen LogP contribution in [0.15, 0.2) is 12.3 Å². The highest BCUT2D eigenvalue weighted by Crippen LogP contribution is 2.18. The molecule has 0 aliphatic rings. The van der Waals surface area contributed by atoms with Crippen molar-refractivity contribution in [1.82, 2.24) is 9.88 Å². The third kappa shape index (κ3) is 3.68. The summed E-state index contributed by atoms with van der Waals surface area (Å²) in [5, 5.41) is 11.7. The van der Waals surface area contributed by atoms with Gasteiger partial charge in [-0.25, -0.2) is 0 Å². The number of amides is 1. The lowest BCUT2D eigenvalue weighted by Crippen LogP contribution is -2.38. The van der Waals surface area contributed by atoms with Gasteiger partial charge in [-0.05, 0) is 26.8 Å². The number of nitrogens with one attached hydrogen (secondary N) is 1. The number of nitrogens with zero attached hydrogens (tertiary/aromatic N) is 3. The quantitative estimate of drug-likeness (QED) is 0.881. The van der Waals surface area contributed by atoms with E-state index in [0.717, 1.165) is 11.4 Å². The molecule has 1 N–H and O–H groups in total. The van der Waals surface area contributed by atoms with Crippen molar-refractivity contribution in [3.8, 4) is 6.07 Å². The molecule has 0 aromatic carbocycles. The van der Waals surface area contributed by atoms with Crippen molar-refractivity contribution < 1.29 is 4.79 Å². The minimum Gasteiger partial charge on any atom is -0.387 e. The van der Waals surface area contributed by atoms with Gasteiger partial charge in [0.1, 0.15) is 0 Å². The molecule has 0 saturated carbocycles. The first-order chi connectivity index (χ1) is 9.01. The van der Waals surface area contributed by atoms with Gasteiger partial charge in [0.15, 0.2) is 0 Å². The maximum atomic E-state index is 12.5. The normalized spacial score (nSPS) is 10.1. The molecule has 0 atom stereocenters. The Hall–Kier alpha value is -2.09. The molecule has 0 aliphatic carbocycles. The van der Waals surface area contributed by atoms with Gasteiger partial charge < -0.3 is 10.2 Å². The Kier molecular flexibility index (Phi) is 5.31. The van der Waals surface area contributed by atoms with Crippen molar-refractivity contribution in [2.45, 2.75) is 33.2 Å². The molecule has 0 saturated heterocycles. The summed E-state index contributed by atoms with van der Waals surface area (Å²) in [6.07, 6.45) is 1.92. The number of anilines is 1. The molecule has 5 nitrogen and oxygen atoms in total. The van der Waals surface area contributed by atoms with Gasteiger partial charge in [0.25, 0.3) is 5.91 Å². The Morgan fingerprint density at radius 2 is 2.26 bits per heavy atom. The van der Waals surface area contributed by atoms with Crippen LogP contribution < -0.4 is 5.32 Å². The molecule has 1 aromatic rings. The fourth-order valence-corrected chi connectivity index (χ4v) is 1.86. The van der Waals surface area contributed by atoms with Crippen molar-refractivity contribution >= 4 is 11.6 Å². The summed E-state index contributed by atoms with van der Waals surface area (Å²) in [7, 11) is 1.78. The Morgan fingerprint density at radius 3 is 2.79 bits per heavy atom. The SMILES string of the molecule is CNc1cc(C)ncc1C(=O)N(CCC#N)C(C)C. The van der Waals surface area contributed by atoms with Gasteiger partial charge in [-0.3, -0.25) is 9.78 Å². The maximum Gasteiger partial charge on any atom is 0.257 e. The molecule has 0 aliphatic heterocycles. The molecular formula is C14H20N4O. The average molecular weight is 260 g/mol. The first kappa shape index (κ1) is 15.0. The molecule has 1 rings (SSSR count). The van der Waals surface area contributed by atoms with E-state index in [1.54, 1.807) is 18.1 Å². The van der Waals surface area contributed by atoms with E-state index in [9.17, 15) is 4.79 Å². The van der Waals surface area contributed by atoms with Gasteiger partial charge in [-0.1, -0.05) is 0 Å². The summed E-state index contributed by atoms with van der Waals surface area (Å²) in [6.45, 7) is 6.20. The Morgan fingerprint density at radius 1 is 1.58 bits per heavy atom. The van der Waals surface area contributed by atoms with Gasteiger partial charge in [-0.15, -0.1) is 0 Å². The van der Waals surface area contributed by atoms with Crippen LogP contribution >= 0.6 is 0 Å². The standard InChI is InChI=1S/C14H20N4O/c1-10(2)18(7-5-6-15)14(19)12-9-17-11(3)8-13(12)16-4/h8-10H,5,7H2,1-4H3,(H,16,17). The van der Waals surface area contributed by atoms with E-state index in [-0.39, 0.29) is 11.9 Å². The zero-order chi connectivity index (χ0) is 14.4. The summed E-state index contributed by atoms with van der Waals surface area (Å²) < 4.78 is 0. The molecule has 0 spiro atoms. The average Bonchev–Trinajstić information content (AvgIpc) is 2.38. The number of carbonyl (C=O) groups excluding carboxylic acids is 1. The molecule has 1 aromatic heterocycles. The number of pyridine rings is 1. The van der Waals surface area contributed by atoms with Crippen LogP contribution in [0.2, 0.25) is 0 Å². The van der Waals surface area contributed by atoms with Gasteiger partial charge in [-0.2, -0.15) is 5.26 Å². The Bertz CT molecular complexity index is 491. The summed E-state index contributed by atoms with van der Waals surface area (Å²) in [4.78, 5) is 18.4. The van der Waals surface area contributed by atoms with Crippen LogP contribution in [0.25, 0.3) is 0 Å². The van der Waals surface area contributed by atoms with E-state index in [4.69, 9.17) is 5.26 Å². The first-order valence-electron chi connectivity index (χ1n) is 6.33. The van der Waals surface area contributed by atoms with E-state index in [0.29, 0.717) is 18.5 Å². The molecule has 0 radical (unpaired) electrons. The fourth-order valence-electron chi connectivity index (χ4n) is 1.86. The second kappa shape index (κ2) is 6.74. The van der Waals surface area contributed by atoms with Crippen LogP contribution in [0.4, 0.5) is 5.69 Å². The topological polar surface area (TPSA) is 69.0 Å². The van der Waals surface area contributed by atoms with Crippen LogP contribution in [0, 0.1) is 18.3 Å². The lowest BCUT2D eigenvalue weighted by molar-refractivity contribution is 0.0711. The molecule has 0 bridgehead atoms. The van der Waals surface area contributed by atoms with Crippen molar-refractivity contribution in [1.29, 1.82) is 5.26 Å². The van der Waals surface area contributed by atoms with Crippen LogP contribution in [-0.4, -0.2) is 35.4 Å². The molecule has 1 heterocycles. The lowest BCUT2D eigenvalue weighted by atomic mass is 10.1. The van der Waals surface area contributed by atoms with Gasteiger partial charge in [0.05, 0.1) is 23.7 Å². The fraction of sp³-hybridized carbons (Fsp3) is 0.500. The molecule has 0 fully saturated rings. The minimum atomic E-state index is -0.0953. The number of nitriles is 1. The van der Waals surface area contributed by atoms with E-state index < -0.39 is 0 Å². The zero-order valence-electron chi connectivity index (χ0n) is 11.9. The Labute approximate surface area is 114 Å². The number of carbonyl (C=O) groups is 1. The number of aromatic nitrogens is 1. The molecule has 19 heavy (non-hydrogen) atoms. The summed E-state index contributed by atoms with van der Waals surface area (Å²) in [5.41, 5.74) is 2.16. The van der Waals surface area contributed by atoms with Crippen LogP contribution in [0.5, 0.6) is 0 Å². The summed E-state index contributed by atoms with van der Waals surface area (Å²) in [5.74, 6) is -0.0953. The molecule has 0 unspecified atom stereocenters. The van der Waals surface area contributed by atoms with Crippen molar-refractivity contribution in [2.75, 3.05) is 18.9 Å². The highest BCUT2D eigenvalue weighted by Gasteiger charge is 2.21. The lowest BCUT2D eigenvalue weighted by Gasteiger charge is -2.26.